The number of nitrogens with two attached hydrogens (primary N) is 1. The smallest absolute Gasteiger partial charge is 0.250 e. The number of aliphatic hydroxyl groups excluding tert-OH is 1. The summed E-state index contributed by atoms with van der Waals surface area (Å²) in [6.07, 6.45) is 0.259. The minimum Gasteiger partial charge on any atom is -0.391 e. The van der Waals surface area contributed by atoms with Gasteiger partial charge in [-0.05, 0) is 29.7 Å². The molecule has 0 saturated heterocycles. The number of nitrogens with zero attached hydrogens (tertiary/aromatic N) is 1. The summed E-state index contributed by atoms with van der Waals surface area (Å²) in [5, 5.41) is 14.2. The zero-order valence-electron chi connectivity index (χ0n) is 12.5. The molecular formula is C17H18ClN3O2. The number of halogens is 1. The van der Waals surface area contributed by atoms with E-state index >= 15 is 0 Å². The molecular weight excluding hydrogens is 314 g/mol. The second kappa shape index (κ2) is 6.66. The highest BCUT2D eigenvalue weighted by molar-refractivity contribution is 6.29. The largest absolute Gasteiger partial charge is 0.391 e. The second-order valence-electron chi connectivity index (χ2n) is 5.72. The Balaban J connectivity index is 1.77. The van der Waals surface area contributed by atoms with Crippen molar-refractivity contribution in [2.75, 3.05) is 0 Å². The molecule has 0 bridgehead atoms. The first kappa shape index (κ1) is 15.9. The molecule has 3 rings (SSSR count). The van der Waals surface area contributed by atoms with Crippen molar-refractivity contribution in [3.63, 3.8) is 0 Å². The Labute approximate surface area is 139 Å². The number of benzene rings is 1. The Kier molecular flexibility index (Phi) is 4.61. The van der Waals surface area contributed by atoms with Crippen LogP contribution in [0.3, 0.4) is 0 Å². The summed E-state index contributed by atoms with van der Waals surface area (Å²) < 4.78 is 0. The van der Waals surface area contributed by atoms with Gasteiger partial charge in [0.25, 0.3) is 5.91 Å². The maximum Gasteiger partial charge on any atom is 0.250 e. The predicted octanol–water partition coefficient (Wildman–Crippen LogP) is 1.45. The topological polar surface area (TPSA) is 88.2 Å². The van der Waals surface area contributed by atoms with Gasteiger partial charge in [-0.2, -0.15) is 0 Å². The average molecular weight is 332 g/mol. The maximum atomic E-state index is 11.5. The molecule has 0 radical (unpaired) electrons. The summed E-state index contributed by atoms with van der Waals surface area (Å²) in [7, 11) is 0. The summed E-state index contributed by atoms with van der Waals surface area (Å²) in [6.45, 7) is 0.712. The summed E-state index contributed by atoms with van der Waals surface area (Å²) in [5.41, 5.74) is 8.56. The van der Waals surface area contributed by atoms with E-state index in [2.05, 4.69) is 22.4 Å². The summed E-state index contributed by atoms with van der Waals surface area (Å²) >= 11 is 5.90. The molecule has 0 unspecified atom stereocenters. The van der Waals surface area contributed by atoms with Gasteiger partial charge in [0, 0.05) is 19.0 Å². The molecule has 1 aromatic carbocycles. The fraction of sp³-hybridized carbons (Fsp3) is 0.294. The highest BCUT2D eigenvalue weighted by Gasteiger charge is 2.26. The summed E-state index contributed by atoms with van der Waals surface area (Å²) in [5.74, 6) is -0.571. The van der Waals surface area contributed by atoms with E-state index in [0.29, 0.717) is 17.8 Å². The lowest BCUT2D eigenvalue weighted by molar-refractivity contribution is 0.0994. The van der Waals surface area contributed by atoms with E-state index in [0.717, 1.165) is 6.42 Å². The van der Waals surface area contributed by atoms with Crippen molar-refractivity contribution in [2.45, 2.75) is 31.5 Å². The minimum atomic E-state index is -0.688. The van der Waals surface area contributed by atoms with Gasteiger partial charge in [0.2, 0.25) is 0 Å². The lowest BCUT2D eigenvalue weighted by atomic mass is 9.91. The zero-order valence-corrected chi connectivity index (χ0v) is 13.3. The van der Waals surface area contributed by atoms with Crippen LogP contribution in [-0.4, -0.2) is 28.1 Å². The number of fused-ring (bicyclic) bond motifs is 1. The van der Waals surface area contributed by atoms with Crippen molar-refractivity contribution in [1.29, 1.82) is 0 Å². The number of hydrogen-bond donors (Lipinski definition) is 3. The van der Waals surface area contributed by atoms with Gasteiger partial charge in [0.1, 0.15) is 5.15 Å². The second-order valence-corrected chi connectivity index (χ2v) is 6.11. The van der Waals surface area contributed by atoms with Gasteiger partial charge in [0.05, 0.1) is 17.4 Å². The van der Waals surface area contributed by atoms with Crippen LogP contribution in [0.25, 0.3) is 0 Å². The molecule has 1 aromatic heterocycles. The number of hydrogen-bond acceptors (Lipinski definition) is 4. The van der Waals surface area contributed by atoms with E-state index in [4.69, 9.17) is 17.3 Å². The number of rotatable bonds is 4. The van der Waals surface area contributed by atoms with Gasteiger partial charge in [-0.3, -0.25) is 4.79 Å². The van der Waals surface area contributed by atoms with E-state index in [-0.39, 0.29) is 17.6 Å². The van der Waals surface area contributed by atoms with Gasteiger partial charge in [-0.25, -0.2) is 4.98 Å². The molecule has 2 atom stereocenters. The monoisotopic (exact) mass is 331 g/mol. The third kappa shape index (κ3) is 3.52. The number of primary amides is 1. The zero-order chi connectivity index (χ0) is 16.4. The molecule has 2 aromatic rings. The Morgan fingerprint density at radius 2 is 2.09 bits per heavy atom. The van der Waals surface area contributed by atoms with E-state index in [1.165, 1.54) is 17.2 Å². The molecule has 0 fully saturated rings. The molecule has 1 amide bonds. The highest BCUT2D eigenvalue weighted by atomic mass is 35.5. The molecule has 1 aliphatic heterocycles. The standard InChI is InChI=1S/C17H18ClN3O2/c18-16-6-5-12(17(19)23)13(21-16)8-15(22)14-7-10-3-1-2-4-11(10)9-20-14/h1-6,14-15,20,22H,7-9H2,(H2,19,23)/t14-,15+/m0/s1. The average Bonchev–Trinajstić information content (AvgIpc) is 2.54. The van der Waals surface area contributed by atoms with Crippen molar-refractivity contribution in [1.82, 2.24) is 10.3 Å². The third-order valence-electron chi connectivity index (χ3n) is 4.19. The molecule has 0 aliphatic carbocycles. The minimum absolute atomic E-state index is 0.105. The Hall–Kier alpha value is -1.95. The lowest BCUT2D eigenvalue weighted by Gasteiger charge is -2.30. The fourth-order valence-electron chi connectivity index (χ4n) is 2.95. The van der Waals surface area contributed by atoms with Crippen LogP contribution in [0.4, 0.5) is 0 Å². The van der Waals surface area contributed by atoms with Crippen LogP contribution in [0.15, 0.2) is 36.4 Å². The third-order valence-corrected chi connectivity index (χ3v) is 4.40. The summed E-state index contributed by atoms with van der Waals surface area (Å²) in [6, 6.07) is 11.1. The number of pyridine rings is 1. The first-order valence-corrected chi connectivity index (χ1v) is 7.86. The molecule has 1 aliphatic rings. The molecule has 23 heavy (non-hydrogen) atoms. The number of carbonyl (C=O) groups is 1. The van der Waals surface area contributed by atoms with Crippen LogP contribution in [0.1, 0.15) is 27.2 Å². The predicted molar refractivity (Wildman–Crippen MR) is 88.2 cm³/mol. The van der Waals surface area contributed by atoms with Gasteiger partial charge in [-0.1, -0.05) is 35.9 Å². The number of amides is 1. The quantitative estimate of drug-likeness (QED) is 0.740. The van der Waals surface area contributed by atoms with E-state index in [1.807, 2.05) is 12.1 Å². The molecule has 4 N–H and O–H groups in total. The van der Waals surface area contributed by atoms with Crippen LogP contribution in [0, 0.1) is 0 Å². The highest BCUT2D eigenvalue weighted by Crippen LogP contribution is 2.20. The Bertz CT molecular complexity index is 736. The fourth-order valence-corrected chi connectivity index (χ4v) is 3.11. The van der Waals surface area contributed by atoms with Crippen LogP contribution >= 0.6 is 11.6 Å². The first-order chi connectivity index (χ1) is 11.0. The van der Waals surface area contributed by atoms with Crippen molar-refractivity contribution in [3.8, 4) is 0 Å². The van der Waals surface area contributed by atoms with Gasteiger partial charge in [0.15, 0.2) is 0 Å². The van der Waals surface area contributed by atoms with E-state index in [9.17, 15) is 9.90 Å². The van der Waals surface area contributed by atoms with Gasteiger partial charge >= 0.3 is 0 Å². The van der Waals surface area contributed by atoms with E-state index < -0.39 is 12.0 Å². The molecule has 5 nitrogen and oxygen atoms in total. The Morgan fingerprint density at radius 1 is 1.35 bits per heavy atom. The maximum absolute atomic E-state index is 11.5. The molecule has 0 saturated carbocycles. The van der Waals surface area contributed by atoms with Crippen molar-refractivity contribution >= 4 is 17.5 Å². The van der Waals surface area contributed by atoms with E-state index in [1.54, 1.807) is 6.07 Å². The lowest BCUT2D eigenvalue weighted by Crippen LogP contribution is -2.45. The van der Waals surface area contributed by atoms with Crippen LogP contribution < -0.4 is 11.1 Å². The van der Waals surface area contributed by atoms with Crippen molar-refractivity contribution in [2.24, 2.45) is 5.73 Å². The first-order valence-electron chi connectivity index (χ1n) is 7.48. The number of carbonyl (C=O) groups excluding carboxylic acids is 1. The van der Waals surface area contributed by atoms with Gasteiger partial charge < -0.3 is 16.2 Å². The SMILES string of the molecule is NC(=O)c1ccc(Cl)nc1C[C@@H](O)[C@@H]1Cc2ccccc2CN1. The summed E-state index contributed by atoms with van der Waals surface area (Å²) in [4.78, 5) is 15.6. The Morgan fingerprint density at radius 3 is 2.83 bits per heavy atom. The number of aromatic nitrogens is 1. The molecule has 2 heterocycles. The van der Waals surface area contributed by atoms with Crippen LogP contribution in [0.2, 0.25) is 5.15 Å². The molecule has 0 spiro atoms. The van der Waals surface area contributed by atoms with Gasteiger partial charge in [-0.15, -0.1) is 0 Å². The van der Waals surface area contributed by atoms with Crippen molar-refractivity contribution < 1.29 is 9.90 Å². The normalized spacial score (nSPS) is 18.3. The van der Waals surface area contributed by atoms with Crippen LogP contribution in [-0.2, 0) is 19.4 Å². The van der Waals surface area contributed by atoms with Crippen molar-refractivity contribution in [3.05, 3.63) is 63.9 Å². The number of aliphatic hydroxyl groups is 1. The molecule has 6 heteroatoms. The van der Waals surface area contributed by atoms with Crippen LogP contribution in [0.5, 0.6) is 0 Å². The molecule has 120 valence electrons. The number of nitrogens with one attached hydrogen (secondary N) is 1.